The highest BCUT2D eigenvalue weighted by Gasteiger charge is 2.21. The molecule has 0 aromatic carbocycles. The van der Waals surface area contributed by atoms with Crippen LogP contribution in [0.3, 0.4) is 0 Å². The maximum absolute atomic E-state index is 4.71. The van der Waals surface area contributed by atoms with Crippen LogP contribution in [0.2, 0.25) is 0 Å². The van der Waals surface area contributed by atoms with Gasteiger partial charge in [-0.05, 0) is 39.8 Å². The van der Waals surface area contributed by atoms with Gasteiger partial charge in [-0.15, -0.1) is 11.3 Å². The first-order chi connectivity index (χ1) is 8.85. The van der Waals surface area contributed by atoms with E-state index in [0.717, 1.165) is 26.1 Å². The molecule has 110 valence electrons. The smallest absolute Gasteiger partial charge is 0.107 e. The predicted molar refractivity (Wildman–Crippen MR) is 84.5 cm³/mol. The lowest BCUT2D eigenvalue weighted by Gasteiger charge is -2.34. The van der Waals surface area contributed by atoms with Gasteiger partial charge in [-0.3, -0.25) is 4.90 Å². The minimum absolute atomic E-state index is 0.236. The molecule has 3 nitrogen and oxygen atoms in total. The molecule has 0 unspecified atom stereocenters. The molecule has 0 saturated carbocycles. The first-order valence-electron chi connectivity index (χ1n) is 7.20. The van der Waals surface area contributed by atoms with Crippen LogP contribution < -0.4 is 5.32 Å². The molecule has 0 atom stereocenters. The quantitative estimate of drug-likeness (QED) is 0.791. The van der Waals surface area contributed by atoms with Gasteiger partial charge in [-0.2, -0.15) is 0 Å². The van der Waals surface area contributed by atoms with Crippen LogP contribution in [0.5, 0.6) is 0 Å². The molecule has 1 N–H and O–H groups in total. The number of nitrogens with one attached hydrogen (secondary N) is 1. The van der Waals surface area contributed by atoms with E-state index in [2.05, 4.69) is 57.3 Å². The number of hydrogen-bond donors (Lipinski definition) is 1. The van der Waals surface area contributed by atoms with Gasteiger partial charge in [0.05, 0.1) is 5.69 Å². The molecule has 0 aliphatic heterocycles. The Bertz CT molecular complexity index is 371. The van der Waals surface area contributed by atoms with E-state index < -0.39 is 0 Å². The van der Waals surface area contributed by atoms with Gasteiger partial charge in [0.25, 0.3) is 0 Å². The fraction of sp³-hybridized carbons (Fsp3) is 0.800. The van der Waals surface area contributed by atoms with Crippen molar-refractivity contribution in [3.05, 3.63) is 16.1 Å². The Morgan fingerprint density at radius 1 is 1.42 bits per heavy atom. The maximum Gasteiger partial charge on any atom is 0.107 e. The molecule has 0 saturated heterocycles. The molecule has 0 fully saturated rings. The zero-order valence-corrected chi connectivity index (χ0v) is 14.1. The van der Waals surface area contributed by atoms with Crippen molar-refractivity contribution in [1.29, 1.82) is 0 Å². The van der Waals surface area contributed by atoms with Gasteiger partial charge in [0, 0.05) is 24.0 Å². The summed E-state index contributed by atoms with van der Waals surface area (Å²) in [5.74, 6) is 0.691. The van der Waals surface area contributed by atoms with E-state index in [0.29, 0.717) is 5.92 Å². The van der Waals surface area contributed by atoms with Crippen molar-refractivity contribution in [2.45, 2.75) is 59.7 Å². The van der Waals surface area contributed by atoms with Crippen LogP contribution in [0.1, 0.15) is 51.7 Å². The summed E-state index contributed by atoms with van der Waals surface area (Å²) >= 11 is 1.76. The van der Waals surface area contributed by atoms with Crippen LogP contribution in [0.4, 0.5) is 0 Å². The summed E-state index contributed by atoms with van der Waals surface area (Å²) in [4.78, 5) is 7.09. The Morgan fingerprint density at radius 3 is 2.68 bits per heavy atom. The molecule has 0 amide bonds. The Labute approximate surface area is 122 Å². The predicted octanol–water partition coefficient (Wildman–Crippen LogP) is 3.51. The van der Waals surface area contributed by atoms with Gasteiger partial charge in [0.15, 0.2) is 0 Å². The molecule has 1 aromatic heterocycles. The third kappa shape index (κ3) is 5.59. The topological polar surface area (TPSA) is 28.2 Å². The SMILES string of the molecule is CCC(C)(C)N(C)Cc1csc(CNCC(C)C)n1. The monoisotopic (exact) mass is 283 g/mol. The highest BCUT2D eigenvalue weighted by molar-refractivity contribution is 7.09. The van der Waals surface area contributed by atoms with Gasteiger partial charge in [0.1, 0.15) is 5.01 Å². The molecule has 1 aromatic rings. The van der Waals surface area contributed by atoms with Gasteiger partial charge >= 0.3 is 0 Å². The number of rotatable bonds is 8. The number of thiazole rings is 1. The molecule has 1 rings (SSSR count). The van der Waals surface area contributed by atoms with E-state index in [4.69, 9.17) is 4.98 Å². The Kier molecular flexibility index (Phi) is 6.43. The average molecular weight is 283 g/mol. The minimum atomic E-state index is 0.236. The van der Waals surface area contributed by atoms with Crippen LogP contribution in [-0.2, 0) is 13.1 Å². The molecule has 0 aliphatic rings. The van der Waals surface area contributed by atoms with Crippen LogP contribution in [0, 0.1) is 5.92 Å². The van der Waals surface area contributed by atoms with E-state index in [1.54, 1.807) is 11.3 Å². The average Bonchev–Trinajstić information content (AvgIpc) is 2.76. The Balaban J connectivity index is 2.46. The van der Waals surface area contributed by atoms with E-state index >= 15 is 0 Å². The van der Waals surface area contributed by atoms with E-state index in [-0.39, 0.29) is 5.54 Å². The fourth-order valence-corrected chi connectivity index (χ4v) is 2.45. The van der Waals surface area contributed by atoms with Crippen molar-refractivity contribution in [3.63, 3.8) is 0 Å². The number of aromatic nitrogens is 1. The van der Waals surface area contributed by atoms with Crippen molar-refractivity contribution in [2.24, 2.45) is 5.92 Å². The molecular weight excluding hydrogens is 254 g/mol. The third-order valence-corrected chi connectivity index (χ3v) is 4.62. The van der Waals surface area contributed by atoms with Crippen LogP contribution >= 0.6 is 11.3 Å². The maximum atomic E-state index is 4.71. The zero-order chi connectivity index (χ0) is 14.5. The van der Waals surface area contributed by atoms with E-state index in [9.17, 15) is 0 Å². The third-order valence-electron chi connectivity index (χ3n) is 3.73. The van der Waals surface area contributed by atoms with Gasteiger partial charge < -0.3 is 5.32 Å². The van der Waals surface area contributed by atoms with E-state index in [1.165, 1.54) is 10.7 Å². The normalized spacial score (nSPS) is 12.6. The largest absolute Gasteiger partial charge is 0.310 e. The first kappa shape index (κ1) is 16.6. The van der Waals surface area contributed by atoms with Crippen molar-refractivity contribution < 1.29 is 0 Å². The van der Waals surface area contributed by atoms with Gasteiger partial charge in [-0.25, -0.2) is 4.98 Å². The standard InChI is InChI=1S/C15H29N3S/c1-7-15(4,5)18(6)10-13-11-19-14(17-13)9-16-8-12(2)3/h11-12,16H,7-10H2,1-6H3. The van der Waals surface area contributed by atoms with Crippen LogP contribution in [0.15, 0.2) is 5.38 Å². The number of nitrogens with zero attached hydrogens (tertiary/aromatic N) is 2. The molecule has 0 radical (unpaired) electrons. The van der Waals surface area contributed by atoms with Crippen LogP contribution in [-0.4, -0.2) is 29.0 Å². The lowest BCUT2D eigenvalue weighted by molar-refractivity contribution is 0.141. The molecule has 4 heteroatoms. The highest BCUT2D eigenvalue weighted by atomic mass is 32.1. The lowest BCUT2D eigenvalue weighted by Crippen LogP contribution is -2.39. The Morgan fingerprint density at radius 2 is 2.11 bits per heavy atom. The zero-order valence-electron chi connectivity index (χ0n) is 13.3. The van der Waals surface area contributed by atoms with Crippen molar-refractivity contribution in [3.8, 4) is 0 Å². The van der Waals surface area contributed by atoms with Crippen molar-refractivity contribution >= 4 is 11.3 Å². The summed E-state index contributed by atoms with van der Waals surface area (Å²) in [5.41, 5.74) is 1.43. The summed E-state index contributed by atoms with van der Waals surface area (Å²) in [5, 5.41) is 6.83. The molecular formula is C15H29N3S. The summed E-state index contributed by atoms with van der Waals surface area (Å²) in [6.45, 7) is 14.1. The summed E-state index contributed by atoms with van der Waals surface area (Å²) in [7, 11) is 2.18. The highest BCUT2D eigenvalue weighted by Crippen LogP contribution is 2.20. The molecule has 0 bridgehead atoms. The summed E-state index contributed by atoms with van der Waals surface area (Å²) in [6, 6.07) is 0. The lowest BCUT2D eigenvalue weighted by atomic mass is 10.00. The Hall–Kier alpha value is -0.450. The first-order valence-corrected chi connectivity index (χ1v) is 8.08. The molecule has 0 spiro atoms. The van der Waals surface area contributed by atoms with Gasteiger partial charge in [-0.1, -0.05) is 20.8 Å². The van der Waals surface area contributed by atoms with Crippen molar-refractivity contribution in [1.82, 2.24) is 15.2 Å². The second-order valence-corrected chi connectivity index (χ2v) is 7.22. The van der Waals surface area contributed by atoms with E-state index in [1.807, 2.05) is 0 Å². The summed E-state index contributed by atoms with van der Waals surface area (Å²) in [6.07, 6.45) is 1.15. The molecule has 19 heavy (non-hydrogen) atoms. The second kappa shape index (κ2) is 7.36. The van der Waals surface area contributed by atoms with Crippen molar-refractivity contribution in [2.75, 3.05) is 13.6 Å². The second-order valence-electron chi connectivity index (χ2n) is 6.28. The molecule has 1 heterocycles. The van der Waals surface area contributed by atoms with Crippen LogP contribution in [0.25, 0.3) is 0 Å². The minimum Gasteiger partial charge on any atom is -0.310 e. The molecule has 0 aliphatic carbocycles. The fourth-order valence-electron chi connectivity index (χ4n) is 1.70. The summed E-state index contributed by atoms with van der Waals surface area (Å²) < 4.78 is 0. The van der Waals surface area contributed by atoms with Gasteiger partial charge in [0.2, 0.25) is 0 Å². The number of hydrogen-bond acceptors (Lipinski definition) is 4.